The maximum atomic E-state index is 12.7. The van der Waals surface area contributed by atoms with Crippen molar-refractivity contribution < 1.29 is 0 Å². The maximum Gasteiger partial charge on any atom is 0.364 e. The van der Waals surface area contributed by atoms with Crippen molar-refractivity contribution in [2.75, 3.05) is 58.6 Å². The van der Waals surface area contributed by atoms with Crippen molar-refractivity contribution in [3.05, 3.63) is 59.0 Å². The van der Waals surface area contributed by atoms with Crippen LogP contribution in [0.1, 0.15) is 0 Å². The van der Waals surface area contributed by atoms with Gasteiger partial charge in [0.05, 0.1) is 6.54 Å². The van der Waals surface area contributed by atoms with Crippen molar-refractivity contribution in [3.63, 3.8) is 0 Å². The predicted molar refractivity (Wildman–Crippen MR) is 124 cm³/mol. The lowest BCUT2D eigenvalue weighted by atomic mass is 10.0. The molecule has 0 bridgehead atoms. The Morgan fingerprint density at radius 1 is 0.733 bits per heavy atom. The fourth-order valence-electron chi connectivity index (χ4n) is 3.09. The first-order valence-corrected chi connectivity index (χ1v) is 9.95. The van der Waals surface area contributed by atoms with Crippen LogP contribution in [0.5, 0.6) is 0 Å². The van der Waals surface area contributed by atoms with Gasteiger partial charge >= 0.3 is 5.69 Å². The molecular formula is C23H30N6O. The molecule has 7 nitrogen and oxygen atoms in total. The second-order valence-electron chi connectivity index (χ2n) is 8.00. The van der Waals surface area contributed by atoms with Crippen molar-refractivity contribution in [1.29, 1.82) is 0 Å². The van der Waals surface area contributed by atoms with Crippen molar-refractivity contribution in [2.24, 2.45) is 0 Å². The van der Waals surface area contributed by atoms with E-state index in [2.05, 4.69) is 4.98 Å². The second kappa shape index (κ2) is 9.09. The molecule has 2 aromatic carbocycles. The van der Waals surface area contributed by atoms with Gasteiger partial charge in [0.2, 0.25) is 0 Å². The molecule has 0 fully saturated rings. The van der Waals surface area contributed by atoms with Gasteiger partial charge in [-0.3, -0.25) is 0 Å². The summed E-state index contributed by atoms with van der Waals surface area (Å²) in [6.07, 6.45) is 0. The van der Waals surface area contributed by atoms with Crippen molar-refractivity contribution in [2.45, 2.75) is 6.54 Å². The van der Waals surface area contributed by atoms with Gasteiger partial charge in [-0.15, -0.1) is 0 Å². The number of rotatable bonds is 7. The summed E-state index contributed by atoms with van der Waals surface area (Å²) in [6, 6.07) is 16.2. The van der Waals surface area contributed by atoms with Gasteiger partial charge in [0, 0.05) is 57.2 Å². The van der Waals surface area contributed by atoms with E-state index in [9.17, 15) is 4.79 Å². The fraction of sp³-hybridized carbons (Fsp3) is 0.348. The number of nitrogens with zero attached hydrogens (tertiary/aromatic N) is 6. The first kappa shape index (κ1) is 21.5. The van der Waals surface area contributed by atoms with E-state index in [0.29, 0.717) is 24.5 Å². The van der Waals surface area contributed by atoms with Crippen LogP contribution in [0.15, 0.2) is 53.3 Å². The Kier molecular flexibility index (Phi) is 6.52. The van der Waals surface area contributed by atoms with Gasteiger partial charge in [-0.05, 0) is 38.4 Å². The molecule has 7 heteroatoms. The predicted octanol–water partition coefficient (Wildman–Crippen LogP) is 2.67. The fourth-order valence-corrected chi connectivity index (χ4v) is 3.09. The summed E-state index contributed by atoms with van der Waals surface area (Å²) < 4.78 is 1.45. The lowest BCUT2D eigenvalue weighted by Crippen LogP contribution is -2.31. The SMILES string of the molecule is CN(C)CCn1nc(-c2ccc(N(C)C)cc2)c(-c2ccc(N(C)C)cc2)nc1=O. The highest BCUT2D eigenvalue weighted by Gasteiger charge is 2.15. The molecule has 0 aliphatic heterocycles. The van der Waals surface area contributed by atoms with Crippen LogP contribution in [0.25, 0.3) is 22.5 Å². The quantitative estimate of drug-likeness (QED) is 0.601. The van der Waals surface area contributed by atoms with Crippen LogP contribution in [0.2, 0.25) is 0 Å². The third kappa shape index (κ3) is 4.86. The van der Waals surface area contributed by atoms with Gasteiger partial charge in [0.15, 0.2) is 0 Å². The van der Waals surface area contributed by atoms with E-state index in [1.807, 2.05) is 106 Å². The van der Waals surface area contributed by atoms with E-state index in [1.54, 1.807) is 0 Å². The minimum atomic E-state index is -0.336. The van der Waals surface area contributed by atoms with Crippen molar-refractivity contribution in [1.82, 2.24) is 19.7 Å². The standard InChI is InChI=1S/C23H30N6O/c1-26(2)15-16-29-23(30)24-21(17-7-11-19(12-8-17)27(3)4)22(25-29)18-9-13-20(14-10-18)28(5)6/h7-14H,15-16H2,1-6H3. The summed E-state index contributed by atoms with van der Waals surface area (Å²) in [5.74, 6) is 0. The van der Waals surface area contributed by atoms with Crippen LogP contribution < -0.4 is 15.5 Å². The molecule has 0 spiro atoms. The molecule has 3 aromatic rings. The van der Waals surface area contributed by atoms with Crippen LogP contribution in [-0.2, 0) is 6.54 Å². The molecule has 0 saturated carbocycles. The monoisotopic (exact) mass is 406 g/mol. The van der Waals surface area contributed by atoms with E-state index < -0.39 is 0 Å². The average Bonchev–Trinajstić information content (AvgIpc) is 2.72. The van der Waals surface area contributed by atoms with Gasteiger partial charge in [0.1, 0.15) is 11.4 Å². The molecule has 0 aliphatic rings. The molecule has 1 heterocycles. The Hall–Kier alpha value is -3.19. The topological polar surface area (TPSA) is 57.5 Å². The Morgan fingerprint density at radius 3 is 1.63 bits per heavy atom. The lowest BCUT2D eigenvalue weighted by molar-refractivity contribution is 0.365. The van der Waals surface area contributed by atoms with E-state index in [4.69, 9.17) is 5.10 Å². The van der Waals surface area contributed by atoms with E-state index >= 15 is 0 Å². The van der Waals surface area contributed by atoms with Crippen molar-refractivity contribution in [3.8, 4) is 22.5 Å². The van der Waals surface area contributed by atoms with Gasteiger partial charge in [-0.2, -0.15) is 10.1 Å². The zero-order valence-corrected chi connectivity index (χ0v) is 18.6. The number of benzene rings is 2. The first-order chi connectivity index (χ1) is 14.3. The number of anilines is 2. The molecule has 1 aromatic heterocycles. The Labute approximate surface area is 178 Å². The lowest BCUT2D eigenvalue weighted by Gasteiger charge is -2.16. The van der Waals surface area contributed by atoms with Crippen LogP contribution in [0, 0.1) is 0 Å². The van der Waals surface area contributed by atoms with Crippen LogP contribution >= 0.6 is 0 Å². The summed E-state index contributed by atoms with van der Waals surface area (Å²) in [5.41, 5.74) is 4.96. The van der Waals surface area contributed by atoms with E-state index in [0.717, 1.165) is 22.5 Å². The largest absolute Gasteiger partial charge is 0.378 e. The number of aromatic nitrogens is 3. The highest BCUT2D eigenvalue weighted by molar-refractivity contribution is 5.78. The second-order valence-corrected chi connectivity index (χ2v) is 8.00. The number of hydrogen-bond acceptors (Lipinski definition) is 6. The minimum Gasteiger partial charge on any atom is -0.378 e. The normalized spacial score (nSPS) is 11.0. The summed E-state index contributed by atoms with van der Waals surface area (Å²) in [7, 11) is 12.0. The zero-order chi connectivity index (χ0) is 21.8. The molecule has 0 saturated heterocycles. The highest BCUT2D eigenvalue weighted by Crippen LogP contribution is 2.29. The smallest absolute Gasteiger partial charge is 0.364 e. The van der Waals surface area contributed by atoms with Crippen molar-refractivity contribution >= 4 is 11.4 Å². The summed E-state index contributed by atoms with van der Waals surface area (Å²) in [4.78, 5) is 23.2. The van der Waals surface area contributed by atoms with Gasteiger partial charge in [-0.1, -0.05) is 24.3 Å². The first-order valence-electron chi connectivity index (χ1n) is 9.95. The molecule has 0 amide bonds. The number of likely N-dealkylation sites (N-methyl/N-ethyl adjacent to an activating group) is 1. The summed E-state index contributed by atoms with van der Waals surface area (Å²) >= 11 is 0. The maximum absolute atomic E-state index is 12.7. The van der Waals surface area contributed by atoms with Crippen LogP contribution in [0.3, 0.4) is 0 Å². The average molecular weight is 407 g/mol. The molecule has 158 valence electrons. The summed E-state index contributed by atoms with van der Waals surface area (Å²) in [5, 5.41) is 4.71. The van der Waals surface area contributed by atoms with Crippen LogP contribution in [-0.4, -0.2) is 68.5 Å². The molecule has 0 atom stereocenters. The van der Waals surface area contributed by atoms with E-state index in [1.165, 1.54) is 4.68 Å². The molecule has 0 unspecified atom stereocenters. The van der Waals surface area contributed by atoms with Crippen LogP contribution in [0.4, 0.5) is 11.4 Å². The molecule has 3 rings (SSSR count). The van der Waals surface area contributed by atoms with Gasteiger partial charge < -0.3 is 14.7 Å². The number of hydrogen-bond donors (Lipinski definition) is 0. The minimum absolute atomic E-state index is 0.336. The molecule has 0 aliphatic carbocycles. The highest BCUT2D eigenvalue weighted by atomic mass is 16.1. The molecular weight excluding hydrogens is 376 g/mol. The summed E-state index contributed by atoms with van der Waals surface area (Å²) in [6.45, 7) is 1.20. The van der Waals surface area contributed by atoms with Gasteiger partial charge in [-0.25, -0.2) is 9.48 Å². The molecule has 0 radical (unpaired) electrons. The van der Waals surface area contributed by atoms with Gasteiger partial charge in [0.25, 0.3) is 0 Å². The van der Waals surface area contributed by atoms with E-state index in [-0.39, 0.29) is 5.69 Å². The molecule has 0 N–H and O–H groups in total. The zero-order valence-electron chi connectivity index (χ0n) is 18.6. The molecule has 30 heavy (non-hydrogen) atoms. The third-order valence-corrected chi connectivity index (χ3v) is 4.95. The Balaban J connectivity index is 2.12. The Morgan fingerprint density at radius 2 is 1.20 bits per heavy atom. The Bertz CT molecular complexity index is 1040. The third-order valence-electron chi connectivity index (χ3n) is 4.95.